The molecule has 0 heterocycles. The summed E-state index contributed by atoms with van der Waals surface area (Å²) < 4.78 is 38.8. The molecule has 8 heteroatoms. The van der Waals surface area contributed by atoms with Gasteiger partial charge in [-0.2, -0.15) is 6.20 Å². The topological polar surface area (TPSA) is 23.8 Å². The van der Waals surface area contributed by atoms with Gasteiger partial charge in [0, 0.05) is 0 Å². The van der Waals surface area contributed by atoms with Gasteiger partial charge in [-0.25, -0.2) is 0 Å². The predicted molar refractivity (Wildman–Crippen MR) is 21.7 cm³/mol. The number of alkyl halides is 4. The van der Waals surface area contributed by atoms with Crippen molar-refractivity contribution in [2.45, 2.75) is 6.43 Å². The van der Waals surface area contributed by atoms with Crippen LogP contribution in [0.1, 0.15) is 0 Å². The maximum atomic E-state index is 9.69. The van der Waals surface area contributed by atoms with E-state index in [1.165, 1.54) is 0 Å². The van der Waals surface area contributed by atoms with Gasteiger partial charge in [0.2, 0.25) is 0 Å². The zero-order chi connectivity index (χ0) is 7.21. The smallest absolute Gasteiger partial charge is 0.559 e. The molecule has 0 aliphatic rings. The van der Waals surface area contributed by atoms with Gasteiger partial charge in [0.05, 0.1) is 0 Å². The Morgan fingerprint density at radius 2 is 1.00 bits per heavy atom. The molecule has 0 amide bonds. The molecule has 11 heavy (non-hydrogen) atoms. The summed E-state index contributed by atoms with van der Waals surface area (Å²) in [5.41, 5.74) is 5.97. The molecule has 0 saturated carbocycles. The Labute approximate surface area is 43.8 Å². The molecule has 1 nitrogen and oxygen atoms in total. The van der Waals surface area contributed by atoms with Gasteiger partial charge >= 0.3 is 6.43 Å². The molecule has 0 fully saturated rings. The molecule has 0 unspecified atom stereocenters. The zero-order valence-electron chi connectivity index (χ0n) is 5.92. The summed E-state index contributed by atoms with van der Waals surface area (Å²) in [6.45, 7) is 3.03. The van der Waals surface area contributed by atoms with Crippen molar-refractivity contribution in [1.29, 1.82) is 0 Å². The quantitative estimate of drug-likeness (QED) is 0.335. The minimum Gasteiger partial charge on any atom is -0.705 e. The Balaban J connectivity index is -0.0000000183. The molecule has 0 spiro atoms. The second-order valence-corrected chi connectivity index (χ2v) is 0.633. The van der Waals surface area contributed by atoms with E-state index in [1.807, 2.05) is 0 Å². The number of nitrogens with one attached hydrogen (secondary N) is 1. The Bertz CT molecular complexity index is 60.1. The van der Waals surface area contributed by atoms with E-state index in [0.29, 0.717) is 0 Å². The molecular weight excluding hydrogens is 927 g/mol. The third-order valence-electron chi connectivity index (χ3n) is 0. The van der Waals surface area contributed by atoms with E-state index in [4.69, 9.17) is 5.73 Å². The minimum absolute atomic E-state index is 0. The summed E-state index contributed by atoms with van der Waals surface area (Å²) in [7, 11) is 0. The first-order valence-electron chi connectivity index (χ1n) is 1.45. The maximum Gasteiger partial charge on any atom is 0.559 e. The van der Waals surface area contributed by atoms with Crippen molar-refractivity contribution in [3.63, 3.8) is 0 Å². The van der Waals surface area contributed by atoms with E-state index in [2.05, 4.69) is 6.58 Å². The van der Waals surface area contributed by atoms with Crippen molar-refractivity contribution >= 4 is 0 Å². The van der Waals surface area contributed by atoms with Crippen LogP contribution in [0.25, 0.3) is 5.73 Å². The summed E-state index contributed by atoms with van der Waals surface area (Å²) in [6.07, 6.45) is -4.50. The van der Waals surface area contributed by atoms with Crippen molar-refractivity contribution in [3.05, 3.63) is 18.5 Å². The van der Waals surface area contributed by atoms with Gasteiger partial charge in [-0.05, 0) is 0 Å². The van der Waals surface area contributed by atoms with Gasteiger partial charge in [0.15, 0.2) is 0 Å². The van der Waals surface area contributed by atoms with Gasteiger partial charge in [0.25, 0.3) is 0 Å². The second-order valence-electron chi connectivity index (χ2n) is 0.633. The third-order valence-corrected chi connectivity index (χ3v) is 0. The van der Waals surface area contributed by atoms with Crippen LogP contribution in [0.3, 0.4) is 0 Å². The Kier molecular flexibility index (Phi) is 82.5. The van der Waals surface area contributed by atoms with Gasteiger partial charge in [0.1, 0.15) is 0 Å². The standard InChI is InChI=1S/C2H4N.CF4.3Rf/c1-2-3;2-1(3,4)5;;;/h2-3H,1H2;;;;/q-1;;;;. The average Bonchev–Trinajstić information content (AvgIpc) is 1.27. The Morgan fingerprint density at radius 1 is 1.00 bits per heavy atom. The first kappa shape index (κ1) is 55.7. The Hall–Kier alpha value is -3.74. The first-order valence-corrected chi connectivity index (χ1v) is 1.45. The fourth-order valence-electron chi connectivity index (χ4n) is 0. The van der Waals surface area contributed by atoms with Crippen molar-refractivity contribution < 1.29 is 17.6 Å². The summed E-state index contributed by atoms with van der Waals surface area (Å²) in [5, 5.41) is 0. The normalized spacial score (nSPS) is 6.55. The number of hydrogen-bond donors (Lipinski definition) is 0. The molecule has 0 rings (SSSR count). The molecule has 0 aliphatic carbocycles. The predicted octanol–water partition coefficient (Wildman–Crippen LogP) is 2.66. The van der Waals surface area contributed by atoms with Crippen LogP contribution < -0.4 is 0 Å². The van der Waals surface area contributed by atoms with E-state index in [-0.39, 0.29) is 0 Å². The van der Waals surface area contributed by atoms with E-state index in [0.717, 1.165) is 6.20 Å². The monoisotopic (exact) mass is 931 g/mol. The Morgan fingerprint density at radius 3 is 1.00 bits per heavy atom. The molecule has 0 bridgehead atoms. The van der Waals surface area contributed by atoms with E-state index in [9.17, 15) is 17.6 Å². The van der Waals surface area contributed by atoms with Crippen LogP contribution in [0.2, 0.25) is 0 Å². The maximum absolute atomic E-state index is 9.69. The van der Waals surface area contributed by atoms with Crippen LogP contribution in [0.4, 0.5) is 17.6 Å². The minimum atomic E-state index is -5.50. The third kappa shape index (κ3) is 8.12. The van der Waals surface area contributed by atoms with Crippen molar-refractivity contribution in [1.82, 2.24) is 0 Å². The summed E-state index contributed by atoms with van der Waals surface area (Å²) in [5.74, 6) is 0. The van der Waals surface area contributed by atoms with Crippen LogP contribution in [0.5, 0.6) is 0 Å². The fraction of sp³-hybridized carbons (Fsp3) is 0.333. The molecule has 0 saturated heterocycles. The number of hydrogen-bond acceptors (Lipinski definition) is 0. The number of rotatable bonds is 0. The van der Waals surface area contributed by atoms with Crippen molar-refractivity contribution in [2.75, 3.05) is 0 Å². The largest absolute Gasteiger partial charge is 0.705 e. The molecule has 0 aliphatic heterocycles. The summed E-state index contributed by atoms with van der Waals surface area (Å²) >= 11 is 0. The van der Waals surface area contributed by atoms with Crippen LogP contribution >= 0.6 is 0 Å². The zero-order valence-corrected chi connectivity index (χ0v) is 25.1. The molecular formula is C3H4F4NRf3-. The van der Waals surface area contributed by atoms with E-state index >= 15 is 0 Å². The van der Waals surface area contributed by atoms with E-state index in [1.54, 1.807) is 0 Å². The molecule has 0 radical (unpaired) electrons. The molecule has 1 N–H and O–H groups in total. The second kappa shape index (κ2) is 16.3. The summed E-state index contributed by atoms with van der Waals surface area (Å²) in [6, 6.07) is 0. The van der Waals surface area contributed by atoms with Gasteiger partial charge in [-0.1, -0.05) is 0 Å². The SMILES string of the molecule is C=C[NH-].FC(F)(F)F.[Rf].[Rf].[Rf]. The van der Waals surface area contributed by atoms with Gasteiger partial charge in [-0.15, -0.1) is 24.1 Å². The van der Waals surface area contributed by atoms with Crippen molar-refractivity contribution in [2.24, 2.45) is 0 Å². The van der Waals surface area contributed by atoms with Crippen LogP contribution in [-0.2, 0) is 0 Å². The molecule has 0 aromatic rings. The number of halogens is 4. The summed E-state index contributed by atoms with van der Waals surface area (Å²) in [4.78, 5) is 0. The van der Waals surface area contributed by atoms with Gasteiger partial charge < -0.3 is 5.73 Å². The molecule has 0 atom stereocenters. The first-order chi connectivity index (χ1) is 3.41. The van der Waals surface area contributed by atoms with E-state index < -0.39 is 6.43 Å². The fourth-order valence-corrected chi connectivity index (χ4v) is 0. The van der Waals surface area contributed by atoms with Gasteiger partial charge in [-0.3, -0.25) is 0 Å². The van der Waals surface area contributed by atoms with Crippen LogP contribution in [0.15, 0.2) is 12.8 Å². The van der Waals surface area contributed by atoms with Crippen LogP contribution in [-0.4, -0.2) is 6.43 Å². The van der Waals surface area contributed by atoms with Crippen LogP contribution in [0, 0.1) is 0 Å². The molecule has 56 valence electrons. The average molecular weight is 931 g/mol. The molecule has 0 aromatic heterocycles. The molecule has 0 aromatic carbocycles. The van der Waals surface area contributed by atoms with Crippen molar-refractivity contribution in [3.8, 4) is 0 Å².